The van der Waals surface area contributed by atoms with E-state index in [0.29, 0.717) is 11.5 Å². The molecule has 0 atom stereocenters. The van der Waals surface area contributed by atoms with Crippen molar-refractivity contribution in [3.63, 3.8) is 0 Å². The Morgan fingerprint density at radius 1 is 1.20 bits per heavy atom. The van der Waals surface area contributed by atoms with Crippen molar-refractivity contribution < 1.29 is 4.52 Å². The lowest BCUT2D eigenvalue weighted by molar-refractivity contribution is 0.442. The fourth-order valence-electron chi connectivity index (χ4n) is 2.02. The molecular weight excluding hydrogens is 272 g/mol. The third kappa shape index (κ3) is 2.34. The molecule has 0 unspecified atom stereocenters. The number of rotatable bonds is 3. The van der Waals surface area contributed by atoms with Crippen molar-refractivity contribution >= 4 is 34.4 Å². The largest absolute Gasteiger partial charge is 0.339 e. The minimum atomic E-state index is 0.513. The van der Waals surface area contributed by atoms with E-state index in [9.17, 15) is 0 Å². The van der Waals surface area contributed by atoms with E-state index in [2.05, 4.69) is 38.8 Å². The van der Waals surface area contributed by atoms with Gasteiger partial charge in [-0.2, -0.15) is 4.98 Å². The molecule has 102 valence electrons. The first-order valence-electron chi connectivity index (χ1n) is 6.19. The summed E-state index contributed by atoms with van der Waals surface area (Å²) in [5.41, 5.74) is 2.28. The molecule has 0 aliphatic heterocycles. The fourth-order valence-corrected chi connectivity index (χ4v) is 2.48. The summed E-state index contributed by atoms with van der Waals surface area (Å²) in [6.45, 7) is 3.72. The molecule has 0 saturated heterocycles. The van der Waals surface area contributed by atoms with Gasteiger partial charge in [0.15, 0.2) is 0 Å². The number of hydrogen-bond donors (Lipinski definition) is 1. The van der Waals surface area contributed by atoms with E-state index in [1.165, 1.54) is 4.90 Å². The topological polar surface area (TPSA) is 63.8 Å². The Balaban J connectivity index is 2.07. The summed E-state index contributed by atoms with van der Waals surface area (Å²) >= 11 is 1.70. The number of anilines is 2. The van der Waals surface area contributed by atoms with Crippen molar-refractivity contribution in [2.24, 2.45) is 0 Å². The van der Waals surface area contributed by atoms with Crippen LogP contribution in [0.1, 0.15) is 11.5 Å². The van der Waals surface area contributed by atoms with Gasteiger partial charge in [-0.15, -0.1) is 11.8 Å². The number of aryl methyl sites for hydroxylation is 2. The zero-order chi connectivity index (χ0) is 14.1. The summed E-state index contributed by atoms with van der Waals surface area (Å²) in [6.07, 6.45) is 2.05. The van der Waals surface area contributed by atoms with Crippen LogP contribution in [0.15, 0.2) is 33.7 Å². The zero-order valence-corrected chi connectivity index (χ0v) is 12.3. The lowest BCUT2D eigenvalue weighted by Gasteiger charge is -2.08. The van der Waals surface area contributed by atoms with Crippen LogP contribution in [-0.2, 0) is 0 Å². The zero-order valence-electron chi connectivity index (χ0n) is 11.5. The summed E-state index contributed by atoms with van der Waals surface area (Å²) < 4.78 is 5.21. The van der Waals surface area contributed by atoms with Gasteiger partial charge in [-0.1, -0.05) is 11.2 Å². The third-order valence-corrected chi connectivity index (χ3v) is 3.68. The van der Waals surface area contributed by atoms with Crippen LogP contribution in [0.25, 0.3) is 11.1 Å². The SMILES string of the molecule is CSc1cccc(Nc2nc(C)nc3onc(C)c23)c1. The molecular formula is C14H14N4OS. The molecule has 6 heteroatoms. The van der Waals surface area contributed by atoms with E-state index in [-0.39, 0.29) is 0 Å². The quantitative estimate of drug-likeness (QED) is 0.741. The van der Waals surface area contributed by atoms with Crippen molar-refractivity contribution in [3.8, 4) is 0 Å². The van der Waals surface area contributed by atoms with Crippen LogP contribution in [-0.4, -0.2) is 21.4 Å². The van der Waals surface area contributed by atoms with Gasteiger partial charge in [0, 0.05) is 10.6 Å². The molecule has 20 heavy (non-hydrogen) atoms. The van der Waals surface area contributed by atoms with Gasteiger partial charge in [0.25, 0.3) is 5.71 Å². The van der Waals surface area contributed by atoms with Gasteiger partial charge in [0.05, 0.1) is 5.69 Å². The Morgan fingerprint density at radius 3 is 2.85 bits per heavy atom. The fraction of sp³-hybridized carbons (Fsp3) is 0.214. The van der Waals surface area contributed by atoms with E-state index in [1.807, 2.05) is 26.0 Å². The second-order valence-corrected chi connectivity index (χ2v) is 5.30. The second kappa shape index (κ2) is 5.13. The summed E-state index contributed by atoms with van der Waals surface area (Å²) in [4.78, 5) is 9.90. The highest BCUT2D eigenvalue weighted by atomic mass is 32.2. The molecule has 0 amide bonds. The standard InChI is InChI=1S/C14H14N4OS/c1-8-12-13(15-9(2)16-14(12)19-18-8)17-10-5-4-6-11(7-10)20-3/h4-7H,1-3H3,(H,15,16,17). The number of benzene rings is 1. The van der Waals surface area contributed by atoms with Gasteiger partial charge >= 0.3 is 0 Å². The van der Waals surface area contributed by atoms with Gasteiger partial charge in [0.2, 0.25) is 0 Å². The smallest absolute Gasteiger partial charge is 0.263 e. The van der Waals surface area contributed by atoms with Crippen molar-refractivity contribution in [3.05, 3.63) is 35.8 Å². The van der Waals surface area contributed by atoms with Crippen LogP contribution < -0.4 is 5.32 Å². The first-order valence-corrected chi connectivity index (χ1v) is 7.41. The molecule has 0 aliphatic carbocycles. The van der Waals surface area contributed by atoms with E-state index < -0.39 is 0 Å². The molecule has 3 aromatic rings. The van der Waals surface area contributed by atoms with Crippen molar-refractivity contribution in [2.45, 2.75) is 18.7 Å². The van der Waals surface area contributed by atoms with E-state index in [0.717, 1.165) is 22.6 Å². The van der Waals surface area contributed by atoms with Crippen LogP contribution in [0.3, 0.4) is 0 Å². The maximum atomic E-state index is 5.21. The lowest BCUT2D eigenvalue weighted by Crippen LogP contribution is -1.98. The Kier molecular flexibility index (Phi) is 3.31. The maximum Gasteiger partial charge on any atom is 0.263 e. The van der Waals surface area contributed by atoms with Gasteiger partial charge in [-0.3, -0.25) is 0 Å². The minimum Gasteiger partial charge on any atom is -0.339 e. The predicted molar refractivity (Wildman–Crippen MR) is 80.6 cm³/mol. The van der Waals surface area contributed by atoms with Crippen molar-refractivity contribution in [2.75, 3.05) is 11.6 Å². The molecule has 0 fully saturated rings. The predicted octanol–water partition coefficient (Wildman–Crippen LogP) is 3.70. The molecule has 2 heterocycles. The summed E-state index contributed by atoms with van der Waals surface area (Å²) in [6, 6.07) is 8.17. The van der Waals surface area contributed by atoms with Gasteiger partial charge < -0.3 is 9.84 Å². The Labute approximate surface area is 120 Å². The number of nitrogens with zero attached hydrogens (tertiary/aromatic N) is 3. The van der Waals surface area contributed by atoms with Crippen LogP contribution in [0.4, 0.5) is 11.5 Å². The Bertz CT molecular complexity index is 769. The van der Waals surface area contributed by atoms with Crippen molar-refractivity contribution in [1.82, 2.24) is 15.1 Å². The van der Waals surface area contributed by atoms with Gasteiger partial charge in [0.1, 0.15) is 17.0 Å². The second-order valence-electron chi connectivity index (χ2n) is 4.42. The van der Waals surface area contributed by atoms with E-state index in [4.69, 9.17) is 4.52 Å². The van der Waals surface area contributed by atoms with Crippen LogP contribution >= 0.6 is 11.8 Å². The molecule has 0 radical (unpaired) electrons. The molecule has 0 spiro atoms. The average Bonchev–Trinajstić information content (AvgIpc) is 2.80. The number of thioether (sulfide) groups is 1. The first kappa shape index (κ1) is 12.9. The molecule has 1 N–H and O–H groups in total. The number of fused-ring (bicyclic) bond motifs is 1. The van der Waals surface area contributed by atoms with Crippen LogP contribution in [0.5, 0.6) is 0 Å². The number of nitrogens with one attached hydrogen (secondary N) is 1. The summed E-state index contributed by atoms with van der Waals surface area (Å²) in [5, 5.41) is 8.10. The average molecular weight is 286 g/mol. The maximum absolute atomic E-state index is 5.21. The molecule has 2 aromatic heterocycles. The van der Waals surface area contributed by atoms with Gasteiger partial charge in [-0.05, 0) is 38.3 Å². The third-order valence-electron chi connectivity index (χ3n) is 2.95. The molecule has 0 bridgehead atoms. The normalized spacial score (nSPS) is 10.9. The highest BCUT2D eigenvalue weighted by Crippen LogP contribution is 2.27. The van der Waals surface area contributed by atoms with E-state index in [1.54, 1.807) is 11.8 Å². The van der Waals surface area contributed by atoms with Crippen molar-refractivity contribution in [1.29, 1.82) is 0 Å². The first-order chi connectivity index (χ1) is 9.67. The summed E-state index contributed by atoms with van der Waals surface area (Å²) in [7, 11) is 0. The molecule has 1 aromatic carbocycles. The monoisotopic (exact) mass is 286 g/mol. The lowest BCUT2D eigenvalue weighted by atomic mass is 10.2. The van der Waals surface area contributed by atoms with Gasteiger partial charge in [-0.25, -0.2) is 4.98 Å². The molecule has 0 aliphatic rings. The Morgan fingerprint density at radius 2 is 2.05 bits per heavy atom. The number of aromatic nitrogens is 3. The minimum absolute atomic E-state index is 0.513. The highest BCUT2D eigenvalue weighted by Gasteiger charge is 2.13. The van der Waals surface area contributed by atoms with Crippen LogP contribution in [0.2, 0.25) is 0 Å². The summed E-state index contributed by atoms with van der Waals surface area (Å²) in [5.74, 6) is 1.38. The molecule has 0 saturated carbocycles. The highest BCUT2D eigenvalue weighted by molar-refractivity contribution is 7.98. The molecule has 3 rings (SSSR count). The number of hydrogen-bond acceptors (Lipinski definition) is 6. The van der Waals surface area contributed by atoms with Crippen LogP contribution in [0, 0.1) is 13.8 Å². The Hall–Kier alpha value is -2.08. The molecule has 5 nitrogen and oxygen atoms in total. The van der Waals surface area contributed by atoms with E-state index >= 15 is 0 Å².